The van der Waals surface area contributed by atoms with Crippen LogP contribution in [-0.2, 0) is 14.3 Å². The summed E-state index contributed by atoms with van der Waals surface area (Å²) in [6, 6.07) is 11.3. The van der Waals surface area contributed by atoms with E-state index in [9.17, 15) is 14.7 Å². The second kappa shape index (κ2) is 13.0. The van der Waals surface area contributed by atoms with E-state index in [1.807, 2.05) is 0 Å². The van der Waals surface area contributed by atoms with Crippen LogP contribution in [0.25, 0.3) is 5.76 Å². The highest BCUT2D eigenvalue weighted by Gasteiger charge is 2.47. The quantitative estimate of drug-likeness (QED) is 0.262. The van der Waals surface area contributed by atoms with Gasteiger partial charge in [0.25, 0.3) is 11.7 Å². The Kier molecular flexibility index (Phi) is 9.48. The van der Waals surface area contributed by atoms with Crippen LogP contribution in [-0.4, -0.2) is 86.8 Å². The van der Waals surface area contributed by atoms with Crippen LogP contribution in [0.4, 0.5) is 0 Å². The monoisotopic (exact) mass is 538 g/mol. The molecule has 1 unspecified atom stereocenters. The Hall–Kier alpha value is -3.56. The number of ether oxygens (including phenoxy) is 4. The SMILES string of the molecule is COc1ccc(C2/C(=C(\O)c3ccc(OCC(C)C)cc3)C(=O)C(=O)N2CCCN2CCOCC2)c(OC)c1. The van der Waals surface area contributed by atoms with Gasteiger partial charge in [-0.3, -0.25) is 14.5 Å². The van der Waals surface area contributed by atoms with Crippen molar-refractivity contribution < 1.29 is 33.6 Å². The van der Waals surface area contributed by atoms with Crippen LogP contribution in [0.5, 0.6) is 17.2 Å². The van der Waals surface area contributed by atoms with Crippen LogP contribution in [0.1, 0.15) is 37.4 Å². The Labute approximate surface area is 229 Å². The number of likely N-dealkylation sites (tertiary alicyclic amines) is 1. The molecule has 4 rings (SSSR count). The number of ketones is 1. The second-order valence-corrected chi connectivity index (χ2v) is 10.1. The van der Waals surface area contributed by atoms with Crippen molar-refractivity contribution in [2.24, 2.45) is 5.92 Å². The molecule has 2 saturated heterocycles. The lowest BCUT2D eigenvalue weighted by Gasteiger charge is -2.29. The van der Waals surface area contributed by atoms with Crippen molar-refractivity contribution in [1.29, 1.82) is 0 Å². The van der Waals surface area contributed by atoms with Gasteiger partial charge in [0.05, 0.1) is 45.7 Å². The van der Waals surface area contributed by atoms with Crippen molar-refractivity contribution in [2.75, 3.05) is 60.2 Å². The van der Waals surface area contributed by atoms with Crippen LogP contribution in [0, 0.1) is 5.92 Å². The van der Waals surface area contributed by atoms with Crippen molar-refractivity contribution in [3.8, 4) is 17.2 Å². The fourth-order valence-electron chi connectivity index (χ4n) is 4.90. The van der Waals surface area contributed by atoms with Gasteiger partial charge < -0.3 is 29.0 Å². The Balaban J connectivity index is 1.69. The van der Waals surface area contributed by atoms with E-state index in [0.29, 0.717) is 67.1 Å². The maximum absolute atomic E-state index is 13.4. The van der Waals surface area contributed by atoms with Crippen molar-refractivity contribution in [3.63, 3.8) is 0 Å². The van der Waals surface area contributed by atoms with Crippen molar-refractivity contribution in [1.82, 2.24) is 9.80 Å². The number of aliphatic hydroxyl groups excluding tert-OH is 1. The van der Waals surface area contributed by atoms with Crippen LogP contribution in [0.2, 0.25) is 0 Å². The summed E-state index contributed by atoms with van der Waals surface area (Å²) >= 11 is 0. The zero-order valence-corrected chi connectivity index (χ0v) is 23.1. The van der Waals surface area contributed by atoms with E-state index in [1.54, 1.807) is 54.5 Å². The number of nitrogens with zero attached hydrogens (tertiary/aromatic N) is 2. The number of morpholine rings is 1. The minimum atomic E-state index is -0.813. The lowest BCUT2D eigenvalue weighted by Crippen LogP contribution is -2.39. The average molecular weight is 539 g/mol. The van der Waals surface area contributed by atoms with Crippen LogP contribution < -0.4 is 14.2 Å². The smallest absolute Gasteiger partial charge is 0.295 e. The number of carbonyl (C=O) groups is 2. The molecule has 0 spiro atoms. The number of Topliss-reactive ketones (excluding diaryl/α,β-unsaturated/α-hetero) is 1. The predicted octanol–water partition coefficient (Wildman–Crippen LogP) is 3.88. The molecule has 2 fully saturated rings. The highest BCUT2D eigenvalue weighted by atomic mass is 16.5. The molecule has 0 aliphatic carbocycles. The van der Waals surface area contributed by atoms with E-state index >= 15 is 0 Å². The number of rotatable bonds is 11. The molecule has 1 amide bonds. The Bertz CT molecular complexity index is 1190. The zero-order chi connectivity index (χ0) is 27.9. The van der Waals surface area contributed by atoms with Gasteiger partial charge in [-0.1, -0.05) is 13.8 Å². The van der Waals surface area contributed by atoms with Gasteiger partial charge >= 0.3 is 0 Å². The number of hydrogen-bond donors (Lipinski definition) is 1. The summed E-state index contributed by atoms with van der Waals surface area (Å²) in [7, 11) is 3.08. The van der Waals surface area contributed by atoms with Crippen LogP contribution >= 0.6 is 0 Å². The molecule has 2 aromatic carbocycles. The minimum Gasteiger partial charge on any atom is -0.507 e. The number of hydrogen-bond acceptors (Lipinski definition) is 8. The number of aliphatic hydroxyl groups is 1. The summed E-state index contributed by atoms with van der Waals surface area (Å²) in [6.45, 7) is 8.87. The van der Waals surface area contributed by atoms with E-state index < -0.39 is 17.7 Å². The fourth-order valence-corrected chi connectivity index (χ4v) is 4.90. The van der Waals surface area contributed by atoms with Gasteiger partial charge in [-0.2, -0.15) is 0 Å². The summed E-state index contributed by atoms with van der Waals surface area (Å²) in [5.41, 5.74) is 1.06. The molecule has 9 nitrogen and oxygen atoms in total. The Morgan fingerprint density at radius 3 is 2.33 bits per heavy atom. The molecular formula is C30H38N2O7. The normalized spacial score (nSPS) is 19.5. The molecule has 210 valence electrons. The highest BCUT2D eigenvalue weighted by Crippen LogP contribution is 2.43. The molecule has 0 aromatic heterocycles. The van der Waals surface area contributed by atoms with Crippen LogP contribution in [0.3, 0.4) is 0 Å². The topological polar surface area (TPSA) is 97.8 Å². The number of methoxy groups -OCH3 is 2. The zero-order valence-electron chi connectivity index (χ0n) is 23.1. The maximum Gasteiger partial charge on any atom is 0.295 e. The summed E-state index contributed by atoms with van der Waals surface area (Å²) in [4.78, 5) is 30.6. The summed E-state index contributed by atoms with van der Waals surface area (Å²) < 4.78 is 22.2. The third-order valence-electron chi connectivity index (χ3n) is 6.96. The second-order valence-electron chi connectivity index (χ2n) is 10.1. The lowest BCUT2D eigenvalue weighted by molar-refractivity contribution is -0.140. The first-order valence-corrected chi connectivity index (χ1v) is 13.4. The Morgan fingerprint density at radius 2 is 1.69 bits per heavy atom. The van der Waals surface area contributed by atoms with Crippen molar-refractivity contribution >= 4 is 17.4 Å². The maximum atomic E-state index is 13.4. The Morgan fingerprint density at radius 1 is 1.00 bits per heavy atom. The van der Waals surface area contributed by atoms with Crippen molar-refractivity contribution in [2.45, 2.75) is 26.3 Å². The third kappa shape index (κ3) is 6.54. The van der Waals surface area contributed by atoms with Gasteiger partial charge in [0.1, 0.15) is 23.0 Å². The largest absolute Gasteiger partial charge is 0.507 e. The van der Waals surface area contributed by atoms with E-state index in [-0.39, 0.29) is 11.3 Å². The highest BCUT2D eigenvalue weighted by molar-refractivity contribution is 6.46. The van der Waals surface area contributed by atoms with Gasteiger partial charge in [-0.15, -0.1) is 0 Å². The van der Waals surface area contributed by atoms with Gasteiger partial charge in [0.15, 0.2) is 0 Å². The third-order valence-corrected chi connectivity index (χ3v) is 6.96. The molecule has 2 heterocycles. The first kappa shape index (κ1) is 28.4. The van der Waals surface area contributed by atoms with E-state index in [4.69, 9.17) is 18.9 Å². The number of carbonyl (C=O) groups excluding carboxylic acids is 2. The van der Waals surface area contributed by atoms with E-state index in [2.05, 4.69) is 18.7 Å². The molecule has 2 aliphatic rings. The molecule has 0 bridgehead atoms. The van der Waals surface area contributed by atoms with Gasteiger partial charge in [-0.05, 0) is 48.7 Å². The molecule has 2 aliphatic heterocycles. The van der Waals surface area contributed by atoms with E-state index in [1.165, 1.54) is 7.11 Å². The predicted molar refractivity (Wildman–Crippen MR) is 147 cm³/mol. The average Bonchev–Trinajstić information content (AvgIpc) is 3.21. The molecule has 39 heavy (non-hydrogen) atoms. The molecule has 1 N–H and O–H groups in total. The van der Waals surface area contributed by atoms with Gasteiger partial charge in [-0.25, -0.2) is 0 Å². The minimum absolute atomic E-state index is 0.0330. The van der Waals surface area contributed by atoms with Crippen molar-refractivity contribution in [3.05, 3.63) is 59.2 Å². The summed E-state index contributed by atoms with van der Waals surface area (Å²) in [5, 5.41) is 11.4. The number of benzene rings is 2. The number of amides is 1. The van der Waals surface area contributed by atoms with Crippen LogP contribution in [0.15, 0.2) is 48.0 Å². The lowest BCUT2D eigenvalue weighted by atomic mass is 9.94. The molecule has 9 heteroatoms. The first-order chi connectivity index (χ1) is 18.8. The molecule has 1 atom stereocenters. The first-order valence-electron chi connectivity index (χ1n) is 13.4. The van der Waals surface area contributed by atoms with Gasteiger partial charge in [0, 0.05) is 43.4 Å². The fraction of sp³-hybridized carbons (Fsp3) is 0.467. The summed E-state index contributed by atoms with van der Waals surface area (Å²) in [5.74, 6) is 0.482. The molecule has 2 aromatic rings. The molecule has 0 saturated carbocycles. The molecular weight excluding hydrogens is 500 g/mol. The summed E-state index contributed by atoms with van der Waals surface area (Å²) in [6.07, 6.45) is 0.671. The van der Waals surface area contributed by atoms with E-state index in [0.717, 1.165) is 19.6 Å². The van der Waals surface area contributed by atoms with Gasteiger partial charge in [0.2, 0.25) is 0 Å². The standard InChI is InChI=1S/C30H38N2O7/c1-20(2)19-39-22-8-6-21(7-9-22)28(33)26-27(24-11-10-23(36-3)18-25(24)37-4)32(30(35)29(26)34)13-5-12-31-14-16-38-17-15-31/h6-11,18,20,27,33H,5,12-17,19H2,1-4H3/b28-26+. The molecule has 0 radical (unpaired) electrons.